The van der Waals surface area contributed by atoms with Crippen molar-refractivity contribution in [3.8, 4) is 5.75 Å². The molecule has 0 radical (unpaired) electrons. The number of amides is 1. The van der Waals surface area contributed by atoms with Crippen LogP contribution in [0.3, 0.4) is 0 Å². The summed E-state index contributed by atoms with van der Waals surface area (Å²) in [5.41, 5.74) is 0.638. The molecule has 1 amide bonds. The fourth-order valence-electron chi connectivity index (χ4n) is 2.59. The van der Waals surface area contributed by atoms with Crippen LogP contribution in [0.25, 0.3) is 0 Å². The number of nitrogens with zero attached hydrogens (tertiary/aromatic N) is 2. The molecule has 22 heavy (non-hydrogen) atoms. The Morgan fingerprint density at radius 3 is 2.73 bits per heavy atom. The second kappa shape index (κ2) is 6.79. The Bertz CT molecular complexity index is 640. The van der Waals surface area contributed by atoms with Gasteiger partial charge in [-0.25, -0.2) is 0 Å². The van der Waals surface area contributed by atoms with Crippen molar-refractivity contribution < 1.29 is 9.53 Å². The lowest BCUT2D eigenvalue weighted by Gasteiger charge is -2.32. The molecule has 1 aliphatic heterocycles. The Kier molecular flexibility index (Phi) is 4.59. The van der Waals surface area contributed by atoms with E-state index in [2.05, 4.69) is 4.98 Å². The Morgan fingerprint density at radius 1 is 1.23 bits per heavy atom. The second-order valence-corrected chi connectivity index (χ2v) is 5.74. The van der Waals surface area contributed by atoms with Crippen molar-refractivity contribution in [3.05, 3.63) is 59.4 Å². The van der Waals surface area contributed by atoms with Crippen LogP contribution < -0.4 is 4.74 Å². The molecule has 1 aliphatic rings. The third kappa shape index (κ3) is 3.57. The average Bonchev–Trinajstić information content (AvgIpc) is 2.56. The molecule has 2 heterocycles. The maximum absolute atomic E-state index is 12.4. The lowest BCUT2D eigenvalue weighted by atomic mass is 10.1. The molecule has 1 aromatic heterocycles. The molecular weight excluding hydrogens is 300 g/mol. The average molecular weight is 317 g/mol. The van der Waals surface area contributed by atoms with E-state index in [4.69, 9.17) is 16.3 Å². The summed E-state index contributed by atoms with van der Waals surface area (Å²) in [6.45, 7) is 1.38. The van der Waals surface area contributed by atoms with Crippen molar-refractivity contribution in [1.82, 2.24) is 9.88 Å². The molecule has 1 aromatic carbocycles. The van der Waals surface area contributed by atoms with Gasteiger partial charge in [-0.3, -0.25) is 9.78 Å². The molecule has 2 aromatic rings. The molecule has 0 N–H and O–H groups in total. The van der Waals surface area contributed by atoms with Crippen molar-refractivity contribution in [2.45, 2.75) is 18.9 Å². The van der Waals surface area contributed by atoms with Crippen LogP contribution >= 0.6 is 11.6 Å². The topological polar surface area (TPSA) is 42.4 Å². The Hall–Kier alpha value is -2.07. The highest BCUT2D eigenvalue weighted by Crippen LogP contribution is 2.20. The van der Waals surface area contributed by atoms with Crippen molar-refractivity contribution in [3.63, 3.8) is 0 Å². The molecule has 114 valence electrons. The van der Waals surface area contributed by atoms with Crippen LogP contribution in [0.4, 0.5) is 0 Å². The lowest BCUT2D eigenvalue weighted by Crippen LogP contribution is -2.41. The molecule has 4 nitrogen and oxygen atoms in total. The van der Waals surface area contributed by atoms with E-state index < -0.39 is 0 Å². The zero-order valence-corrected chi connectivity index (χ0v) is 12.9. The zero-order chi connectivity index (χ0) is 15.4. The number of hydrogen-bond donors (Lipinski definition) is 0. The van der Waals surface area contributed by atoms with E-state index in [0.29, 0.717) is 23.7 Å². The van der Waals surface area contributed by atoms with E-state index >= 15 is 0 Å². The van der Waals surface area contributed by atoms with Gasteiger partial charge in [0.2, 0.25) is 0 Å². The van der Waals surface area contributed by atoms with Gasteiger partial charge in [0, 0.05) is 42.7 Å². The molecule has 0 bridgehead atoms. The van der Waals surface area contributed by atoms with Gasteiger partial charge >= 0.3 is 0 Å². The molecule has 0 unspecified atom stereocenters. The molecule has 5 heteroatoms. The molecule has 3 rings (SSSR count). The first-order valence-corrected chi connectivity index (χ1v) is 7.72. The summed E-state index contributed by atoms with van der Waals surface area (Å²) in [5.74, 6) is 0.810. The zero-order valence-electron chi connectivity index (χ0n) is 12.1. The number of ether oxygens (including phenoxy) is 1. The number of hydrogen-bond acceptors (Lipinski definition) is 3. The summed E-state index contributed by atoms with van der Waals surface area (Å²) in [6, 6.07) is 10.8. The quantitative estimate of drug-likeness (QED) is 0.871. The predicted octanol–water partition coefficient (Wildman–Crippen LogP) is 3.42. The summed E-state index contributed by atoms with van der Waals surface area (Å²) < 4.78 is 5.89. The predicted molar refractivity (Wildman–Crippen MR) is 85.2 cm³/mol. The number of rotatable bonds is 3. The minimum absolute atomic E-state index is 0.0299. The number of carbonyl (C=O) groups excluding carboxylic acids is 1. The maximum Gasteiger partial charge on any atom is 0.253 e. The SMILES string of the molecule is O=C(c1cccc(Cl)c1)N1CCC(Oc2cccnc2)CC1. The Labute approximate surface area is 134 Å². The molecule has 1 fully saturated rings. The van der Waals surface area contributed by atoms with Gasteiger partial charge in [0.05, 0.1) is 6.20 Å². The smallest absolute Gasteiger partial charge is 0.253 e. The van der Waals surface area contributed by atoms with Gasteiger partial charge in [0.25, 0.3) is 5.91 Å². The third-order valence-electron chi connectivity index (χ3n) is 3.74. The number of aromatic nitrogens is 1. The van der Waals surface area contributed by atoms with E-state index in [1.54, 1.807) is 36.7 Å². The number of likely N-dealkylation sites (tertiary alicyclic amines) is 1. The number of halogens is 1. The van der Waals surface area contributed by atoms with Crippen LogP contribution in [0.15, 0.2) is 48.8 Å². The highest BCUT2D eigenvalue weighted by atomic mass is 35.5. The van der Waals surface area contributed by atoms with Gasteiger partial charge < -0.3 is 9.64 Å². The number of pyridine rings is 1. The summed E-state index contributed by atoms with van der Waals surface area (Å²) in [4.78, 5) is 18.3. The second-order valence-electron chi connectivity index (χ2n) is 5.31. The van der Waals surface area contributed by atoms with Gasteiger partial charge in [0.15, 0.2) is 0 Å². The highest BCUT2D eigenvalue weighted by Gasteiger charge is 2.24. The van der Waals surface area contributed by atoms with Crippen molar-refractivity contribution >= 4 is 17.5 Å². The minimum Gasteiger partial charge on any atom is -0.489 e. The first kappa shape index (κ1) is 14.9. The van der Waals surface area contributed by atoms with Crippen molar-refractivity contribution in [2.75, 3.05) is 13.1 Å². The largest absolute Gasteiger partial charge is 0.489 e. The lowest BCUT2D eigenvalue weighted by molar-refractivity contribution is 0.0595. The van der Waals surface area contributed by atoms with E-state index in [0.717, 1.165) is 18.6 Å². The summed E-state index contributed by atoms with van der Waals surface area (Å²) in [7, 11) is 0. The van der Waals surface area contributed by atoms with Gasteiger partial charge in [-0.2, -0.15) is 0 Å². The minimum atomic E-state index is 0.0299. The standard InChI is InChI=1S/C17H17ClN2O2/c18-14-4-1-3-13(11-14)17(21)20-9-6-15(7-10-20)22-16-5-2-8-19-12-16/h1-5,8,11-12,15H,6-7,9-10H2. The first-order chi connectivity index (χ1) is 10.7. The summed E-state index contributed by atoms with van der Waals surface area (Å²) >= 11 is 5.94. The van der Waals surface area contributed by atoms with Crippen LogP contribution in [0, 0.1) is 0 Å². The van der Waals surface area contributed by atoms with E-state index in [9.17, 15) is 4.79 Å². The third-order valence-corrected chi connectivity index (χ3v) is 3.97. The van der Waals surface area contributed by atoms with Crippen LogP contribution in [0.1, 0.15) is 23.2 Å². The first-order valence-electron chi connectivity index (χ1n) is 7.34. The fourth-order valence-corrected chi connectivity index (χ4v) is 2.78. The molecule has 0 saturated carbocycles. The highest BCUT2D eigenvalue weighted by molar-refractivity contribution is 6.30. The van der Waals surface area contributed by atoms with Gasteiger partial charge in [-0.05, 0) is 30.3 Å². The van der Waals surface area contributed by atoms with Gasteiger partial charge in [-0.1, -0.05) is 17.7 Å². The summed E-state index contributed by atoms with van der Waals surface area (Å²) in [6.07, 6.45) is 5.21. The van der Waals surface area contributed by atoms with Crippen LogP contribution in [0.2, 0.25) is 5.02 Å². The molecule has 1 saturated heterocycles. The van der Waals surface area contributed by atoms with Gasteiger partial charge in [0.1, 0.15) is 11.9 Å². The van der Waals surface area contributed by atoms with Crippen LogP contribution in [-0.2, 0) is 0 Å². The van der Waals surface area contributed by atoms with Crippen molar-refractivity contribution in [1.29, 1.82) is 0 Å². The molecule has 0 aliphatic carbocycles. The normalized spacial score (nSPS) is 15.6. The van der Waals surface area contributed by atoms with Crippen LogP contribution in [-0.4, -0.2) is 35.0 Å². The number of carbonyl (C=O) groups is 1. The Balaban J connectivity index is 1.56. The molecule has 0 atom stereocenters. The maximum atomic E-state index is 12.4. The van der Waals surface area contributed by atoms with Crippen LogP contribution in [0.5, 0.6) is 5.75 Å². The summed E-state index contributed by atoms with van der Waals surface area (Å²) in [5, 5.41) is 0.584. The number of benzene rings is 1. The number of piperidine rings is 1. The van der Waals surface area contributed by atoms with E-state index in [1.165, 1.54) is 0 Å². The molecular formula is C17H17ClN2O2. The van der Waals surface area contributed by atoms with Gasteiger partial charge in [-0.15, -0.1) is 0 Å². The van der Waals surface area contributed by atoms with E-state index in [1.807, 2.05) is 17.0 Å². The Morgan fingerprint density at radius 2 is 2.05 bits per heavy atom. The van der Waals surface area contributed by atoms with E-state index in [-0.39, 0.29) is 12.0 Å². The van der Waals surface area contributed by atoms with Crippen molar-refractivity contribution in [2.24, 2.45) is 0 Å². The molecule has 0 spiro atoms. The fraction of sp³-hybridized carbons (Fsp3) is 0.294. The monoisotopic (exact) mass is 316 g/mol.